The van der Waals surface area contributed by atoms with Crippen LogP contribution in [0.5, 0.6) is 0 Å². The number of hydrogen-bond donors (Lipinski definition) is 2. The summed E-state index contributed by atoms with van der Waals surface area (Å²) in [7, 11) is 0. The van der Waals surface area contributed by atoms with Crippen LogP contribution in [0.15, 0.2) is 16.9 Å². The Labute approximate surface area is 88.8 Å². The van der Waals surface area contributed by atoms with Gasteiger partial charge in [0.1, 0.15) is 11.9 Å². The Morgan fingerprint density at radius 1 is 1.64 bits per heavy atom. The molecule has 0 atom stereocenters. The zero-order valence-corrected chi connectivity index (χ0v) is 8.82. The average Bonchev–Trinajstić information content (AvgIpc) is 2.15. The highest BCUT2D eigenvalue weighted by atomic mass is 79.9. The summed E-state index contributed by atoms with van der Waals surface area (Å²) in [5.74, 6) is 0. The highest BCUT2D eigenvalue weighted by molar-refractivity contribution is 9.10. The van der Waals surface area contributed by atoms with Crippen LogP contribution in [0, 0.1) is 10.1 Å². The fourth-order valence-electron chi connectivity index (χ4n) is 0.935. The van der Waals surface area contributed by atoms with Crippen molar-refractivity contribution in [3.63, 3.8) is 0 Å². The highest BCUT2D eigenvalue weighted by Crippen LogP contribution is 2.30. The molecule has 6 nitrogen and oxygen atoms in total. The third kappa shape index (κ3) is 2.39. The van der Waals surface area contributed by atoms with Gasteiger partial charge in [-0.15, -0.1) is 0 Å². The van der Waals surface area contributed by atoms with Crippen molar-refractivity contribution in [3.8, 4) is 0 Å². The van der Waals surface area contributed by atoms with E-state index < -0.39 is 4.92 Å². The van der Waals surface area contributed by atoms with Crippen molar-refractivity contribution in [1.82, 2.24) is 4.98 Å². The number of aromatic nitrogens is 1. The van der Waals surface area contributed by atoms with Crippen molar-refractivity contribution in [1.29, 1.82) is 0 Å². The van der Waals surface area contributed by atoms with Gasteiger partial charge in [-0.25, -0.2) is 0 Å². The van der Waals surface area contributed by atoms with Gasteiger partial charge in [-0.05, 0) is 15.9 Å². The third-order valence-electron chi connectivity index (χ3n) is 1.52. The van der Waals surface area contributed by atoms with Gasteiger partial charge in [0, 0.05) is 19.3 Å². The molecule has 76 valence electrons. The lowest BCUT2D eigenvalue weighted by molar-refractivity contribution is -0.384. The number of pyridine rings is 1. The van der Waals surface area contributed by atoms with Gasteiger partial charge in [-0.1, -0.05) is 0 Å². The molecule has 0 saturated heterocycles. The number of rotatable bonds is 4. The molecule has 0 unspecified atom stereocenters. The Balaban J connectivity index is 3.02. The van der Waals surface area contributed by atoms with E-state index in [1.54, 1.807) is 0 Å². The molecule has 1 aromatic rings. The van der Waals surface area contributed by atoms with Crippen LogP contribution in [0.4, 0.5) is 11.4 Å². The zero-order valence-electron chi connectivity index (χ0n) is 7.24. The number of nitrogens with one attached hydrogen (secondary N) is 1. The van der Waals surface area contributed by atoms with Crippen LogP contribution in [0.3, 0.4) is 0 Å². The monoisotopic (exact) mass is 260 g/mol. The van der Waals surface area contributed by atoms with Crippen LogP contribution < -0.4 is 11.1 Å². The van der Waals surface area contributed by atoms with Crippen LogP contribution in [0.2, 0.25) is 0 Å². The lowest BCUT2D eigenvalue weighted by Gasteiger charge is -2.06. The molecule has 7 heteroatoms. The van der Waals surface area contributed by atoms with E-state index in [1.807, 2.05) is 0 Å². The molecule has 3 N–H and O–H groups in total. The van der Waals surface area contributed by atoms with Gasteiger partial charge in [-0.3, -0.25) is 15.1 Å². The van der Waals surface area contributed by atoms with Gasteiger partial charge in [-0.2, -0.15) is 0 Å². The first-order valence-electron chi connectivity index (χ1n) is 3.88. The van der Waals surface area contributed by atoms with Crippen LogP contribution in [0.1, 0.15) is 0 Å². The van der Waals surface area contributed by atoms with Gasteiger partial charge in [0.2, 0.25) is 0 Å². The first kappa shape index (κ1) is 10.9. The molecule has 0 radical (unpaired) electrons. The Morgan fingerprint density at radius 2 is 2.36 bits per heavy atom. The van der Waals surface area contributed by atoms with E-state index in [1.165, 1.54) is 12.4 Å². The van der Waals surface area contributed by atoms with E-state index >= 15 is 0 Å². The fraction of sp³-hybridized carbons (Fsp3) is 0.286. The quantitative estimate of drug-likeness (QED) is 0.625. The largest absolute Gasteiger partial charge is 0.377 e. The maximum atomic E-state index is 10.6. The lowest BCUT2D eigenvalue weighted by atomic mass is 10.3. The topological polar surface area (TPSA) is 94.1 Å². The fourth-order valence-corrected chi connectivity index (χ4v) is 1.40. The van der Waals surface area contributed by atoms with Gasteiger partial charge in [0.15, 0.2) is 0 Å². The predicted octanol–water partition coefficient (Wildman–Crippen LogP) is 1.12. The SMILES string of the molecule is NCCNc1c(Br)cncc1[N+](=O)[O-]. The number of nitrogens with two attached hydrogens (primary N) is 1. The first-order valence-corrected chi connectivity index (χ1v) is 4.68. The number of nitrogens with zero attached hydrogens (tertiary/aromatic N) is 2. The van der Waals surface area contributed by atoms with Crippen LogP contribution in [-0.2, 0) is 0 Å². The molecule has 0 aromatic carbocycles. The smallest absolute Gasteiger partial charge is 0.311 e. The second-order valence-electron chi connectivity index (χ2n) is 2.49. The average molecular weight is 261 g/mol. The van der Waals surface area contributed by atoms with Gasteiger partial charge in [0.05, 0.1) is 9.40 Å². The molecular formula is C7H9BrN4O2. The number of halogens is 1. The Kier molecular flexibility index (Phi) is 3.78. The van der Waals surface area contributed by atoms with E-state index in [0.29, 0.717) is 23.2 Å². The standard InChI is InChI=1S/C7H9BrN4O2/c8-5-3-10-4-6(12(13)14)7(5)11-2-1-9/h3-4H,1-2,9H2,(H,10,11). The second kappa shape index (κ2) is 4.87. The molecule has 1 heterocycles. The summed E-state index contributed by atoms with van der Waals surface area (Å²) in [5.41, 5.74) is 5.64. The maximum Gasteiger partial charge on any atom is 0.311 e. The van der Waals surface area contributed by atoms with Crippen LogP contribution in [0.25, 0.3) is 0 Å². The summed E-state index contributed by atoms with van der Waals surface area (Å²) < 4.78 is 0.556. The minimum Gasteiger partial charge on any atom is -0.377 e. The Morgan fingerprint density at radius 3 is 2.93 bits per heavy atom. The predicted molar refractivity (Wildman–Crippen MR) is 56.1 cm³/mol. The maximum absolute atomic E-state index is 10.6. The van der Waals surface area contributed by atoms with Crippen molar-refractivity contribution in [2.75, 3.05) is 18.4 Å². The zero-order chi connectivity index (χ0) is 10.6. The Hall–Kier alpha value is -1.21. The van der Waals surface area contributed by atoms with E-state index in [9.17, 15) is 10.1 Å². The van der Waals surface area contributed by atoms with Crippen LogP contribution >= 0.6 is 15.9 Å². The number of anilines is 1. The normalized spacial score (nSPS) is 9.86. The van der Waals surface area contributed by atoms with E-state index in [4.69, 9.17) is 5.73 Å². The Bertz CT molecular complexity index is 344. The second-order valence-corrected chi connectivity index (χ2v) is 3.34. The molecule has 0 aliphatic heterocycles. The lowest BCUT2D eigenvalue weighted by Crippen LogP contribution is -2.14. The summed E-state index contributed by atoms with van der Waals surface area (Å²) in [4.78, 5) is 13.8. The first-order chi connectivity index (χ1) is 6.66. The molecule has 0 aliphatic carbocycles. The molecule has 14 heavy (non-hydrogen) atoms. The minimum absolute atomic E-state index is 0.0622. The summed E-state index contributed by atoms with van der Waals surface area (Å²) in [6, 6.07) is 0. The molecule has 1 aromatic heterocycles. The molecule has 1 rings (SSSR count). The van der Waals surface area contributed by atoms with E-state index in [-0.39, 0.29) is 5.69 Å². The van der Waals surface area contributed by atoms with E-state index in [0.717, 1.165) is 0 Å². The van der Waals surface area contributed by atoms with E-state index in [2.05, 4.69) is 26.2 Å². The molecule has 0 fully saturated rings. The van der Waals surface area contributed by atoms with Crippen molar-refractivity contribution in [3.05, 3.63) is 27.0 Å². The summed E-state index contributed by atoms with van der Waals surface area (Å²) in [6.45, 7) is 0.884. The molecule has 0 spiro atoms. The number of nitro groups is 1. The van der Waals surface area contributed by atoms with Gasteiger partial charge < -0.3 is 11.1 Å². The minimum atomic E-state index is -0.489. The summed E-state index contributed by atoms with van der Waals surface area (Å²) >= 11 is 3.18. The van der Waals surface area contributed by atoms with Gasteiger partial charge in [0.25, 0.3) is 0 Å². The molecule has 0 saturated carbocycles. The molecular weight excluding hydrogens is 252 g/mol. The summed E-state index contributed by atoms with van der Waals surface area (Å²) in [5, 5.41) is 13.5. The van der Waals surface area contributed by atoms with Gasteiger partial charge >= 0.3 is 5.69 Å². The number of hydrogen-bond acceptors (Lipinski definition) is 5. The van der Waals surface area contributed by atoms with Crippen molar-refractivity contribution < 1.29 is 4.92 Å². The van der Waals surface area contributed by atoms with Crippen molar-refractivity contribution in [2.45, 2.75) is 0 Å². The van der Waals surface area contributed by atoms with Crippen molar-refractivity contribution in [2.24, 2.45) is 5.73 Å². The molecule has 0 bridgehead atoms. The van der Waals surface area contributed by atoms with Crippen LogP contribution in [-0.4, -0.2) is 23.0 Å². The summed E-state index contributed by atoms with van der Waals surface area (Å²) in [6.07, 6.45) is 2.69. The van der Waals surface area contributed by atoms with Crippen molar-refractivity contribution >= 4 is 27.3 Å². The molecule has 0 amide bonds. The molecule has 0 aliphatic rings. The highest BCUT2D eigenvalue weighted by Gasteiger charge is 2.16. The third-order valence-corrected chi connectivity index (χ3v) is 2.12.